The summed E-state index contributed by atoms with van der Waals surface area (Å²) in [6.45, 7) is 5.47. The van der Waals surface area contributed by atoms with E-state index in [0.29, 0.717) is 27.7 Å². The molecule has 0 radical (unpaired) electrons. The van der Waals surface area contributed by atoms with Gasteiger partial charge in [0.15, 0.2) is 0 Å². The fourth-order valence-electron chi connectivity index (χ4n) is 5.09. The topological polar surface area (TPSA) is 86.8 Å². The normalized spacial score (nSPS) is 11.9. The van der Waals surface area contributed by atoms with E-state index in [1.54, 1.807) is 61.5 Å². The summed E-state index contributed by atoms with van der Waals surface area (Å²) in [4.78, 5) is 29.9. The van der Waals surface area contributed by atoms with Crippen LogP contribution in [-0.4, -0.2) is 44.3 Å². The zero-order chi connectivity index (χ0) is 33.3. The summed E-state index contributed by atoms with van der Waals surface area (Å²) >= 11 is 13.0. The Balaban J connectivity index is 1.83. The Morgan fingerprint density at radius 3 is 2.15 bits per heavy atom. The van der Waals surface area contributed by atoms with Gasteiger partial charge in [0, 0.05) is 29.6 Å². The molecule has 0 aliphatic rings. The Labute approximate surface area is 282 Å². The van der Waals surface area contributed by atoms with Crippen LogP contribution in [0.3, 0.4) is 0 Å². The number of aryl methyl sites for hydroxylation is 1. The summed E-state index contributed by atoms with van der Waals surface area (Å²) in [6.07, 6.45) is 1.88. The van der Waals surface area contributed by atoms with Gasteiger partial charge in [-0.15, -0.1) is 0 Å². The molecule has 1 atom stereocenters. The molecule has 0 saturated carbocycles. The minimum Gasteiger partial charge on any atom is -0.354 e. The van der Waals surface area contributed by atoms with Crippen molar-refractivity contribution in [3.8, 4) is 0 Å². The van der Waals surface area contributed by atoms with Crippen LogP contribution in [0.25, 0.3) is 0 Å². The highest BCUT2D eigenvalue weighted by atomic mass is 35.5. The Hall–Kier alpha value is -3.85. The lowest BCUT2D eigenvalue weighted by molar-refractivity contribution is -0.140. The molecule has 2 amide bonds. The molecule has 242 valence electrons. The van der Waals surface area contributed by atoms with E-state index in [9.17, 15) is 18.0 Å². The van der Waals surface area contributed by atoms with Crippen LogP contribution in [0.1, 0.15) is 42.0 Å². The number of nitrogens with one attached hydrogen (secondary N) is 1. The zero-order valence-electron chi connectivity index (χ0n) is 26.2. The van der Waals surface area contributed by atoms with E-state index >= 15 is 0 Å². The van der Waals surface area contributed by atoms with Gasteiger partial charge < -0.3 is 10.2 Å². The first-order valence-corrected chi connectivity index (χ1v) is 17.4. The number of benzene rings is 4. The average Bonchev–Trinajstić information content (AvgIpc) is 3.04. The second kappa shape index (κ2) is 16.1. The molecule has 0 aliphatic heterocycles. The van der Waals surface area contributed by atoms with E-state index in [2.05, 4.69) is 5.32 Å². The standard InChI is InChI=1S/C36H39Cl2N3O4S/c1-4-5-22-39-36(43)34(23-28-12-7-6-8-13-28)40(24-29-14-9-10-15-32(29)38)35(42)25-41(33-17-11-16-31(37)27(33)3)46(44,45)30-20-18-26(2)19-21-30/h6-21,34H,4-5,22-25H2,1-3H3,(H,39,43)/t34-/m0/s1. The molecule has 1 N–H and O–H groups in total. The van der Waals surface area contributed by atoms with Crippen LogP contribution < -0.4 is 9.62 Å². The number of hydrogen-bond acceptors (Lipinski definition) is 4. The fraction of sp³-hybridized carbons (Fsp3) is 0.278. The third kappa shape index (κ3) is 8.69. The van der Waals surface area contributed by atoms with Gasteiger partial charge in [-0.3, -0.25) is 13.9 Å². The molecular formula is C36H39Cl2N3O4S. The fourth-order valence-corrected chi connectivity index (χ4v) is 6.92. The van der Waals surface area contributed by atoms with Gasteiger partial charge in [-0.05, 0) is 67.3 Å². The summed E-state index contributed by atoms with van der Waals surface area (Å²) in [7, 11) is -4.24. The number of hydrogen-bond donors (Lipinski definition) is 1. The number of carbonyl (C=O) groups is 2. The second-order valence-electron chi connectivity index (χ2n) is 11.2. The molecule has 10 heteroatoms. The lowest BCUT2D eigenvalue weighted by Gasteiger charge is -2.34. The SMILES string of the molecule is CCCCNC(=O)[C@H](Cc1ccccc1)N(Cc1ccccc1Cl)C(=O)CN(c1cccc(Cl)c1C)S(=O)(=O)c1ccc(C)cc1. The highest BCUT2D eigenvalue weighted by molar-refractivity contribution is 7.92. The zero-order valence-corrected chi connectivity index (χ0v) is 28.6. The molecular weight excluding hydrogens is 641 g/mol. The maximum atomic E-state index is 14.6. The number of unbranched alkanes of at least 4 members (excludes halogenated alkanes) is 1. The number of halogens is 2. The molecule has 4 aromatic carbocycles. The van der Waals surface area contributed by atoms with Gasteiger partial charge in [0.1, 0.15) is 12.6 Å². The first kappa shape index (κ1) is 35.0. The molecule has 0 saturated heterocycles. The van der Waals surface area contributed by atoms with E-state index in [-0.39, 0.29) is 29.5 Å². The van der Waals surface area contributed by atoms with Crippen LogP contribution in [0.2, 0.25) is 10.0 Å². The first-order valence-electron chi connectivity index (χ1n) is 15.2. The predicted molar refractivity (Wildman–Crippen MR) is 186 cm³/mol. The van der Waals surface area contributed by atoms with Gasteiger partial charge in [0.05, 0.1) is 10.6 Å². The molecule has 46 heavy (non-hydrogen) atoms. The third-order valence-corrected chi connectivity index (χ3v) is 10.3. The summed E-state index contributed by atoms with van der Waals surface area (Å²) < 4.78 is 29.6. The van der Waals surface area contributed by atoms with Crippen molar-refractivity contribution in [2.75, 3.05) is 17.4 Å². The van der Waals surface area contributed by atoms with E-state index in [4.69, 9.17) is 23.2 Å². The lowest BCUT2D eigenvalue weighted by Crippen LogP contribution is -2.53. The van der Waals surface area contributed by atoms with Crippen molar-refractivity contribution in [2.45, 2.75) is 57.5 Å². The predicted octanol–water partition coefficient (Wildman–Crippen LogP) is 7.36. The third-order valence-electron chi connectivity index (χ3n) is 7.79. The second-order valence-corrected chi connectivity index (χ2v) is 13.8. The molecule has 0 fully saturated rings. The molecule has 0 aromatic heterocycles. The summed E-state index contributed by atoms with van der Waals surface area (Å²) in [5.41, 5.74) is 3.15. The maximum absolute atomic E-state index is 14.6. The molecule has 0 unspecified atom stereocenters. The number of amides is 2. The highest BCUT2D eigenvalue weighted by Crippen LogP contribution is 2.32. The molecule has 4 aromatic rings. The first-order chi connectivity index (χ1) is 22.0. The lowest BCUT2D eigenvalue weighted by atomic mass is 10.0. The van der Waals surface area contributed by atoms with Crippen LogP contribution in [0.5, 0.6) is 0 Å². The minimum absolute atomic E-state index is 0.00977. The van der Waals surface area contributed by atoms with Gasteiger partial charge in [-0.25, -0.2) is 8.42 Å². The number of nitrogens with zero attached hydrogens (tertiary/aromatic N) is 2. The Bertz CT molecular complexity index is 1750. The molecule has 0 heterocycles. The van der Waals surface area contributed by atoms with Crippen molar-refractivity contribution in [3.05, 3.63) is 129 Å². The largest absolute Gasteiger partial charge is 0.354 e. The van der Waals surface area contributed by atoms with Crippen molar-refractivity contribution in [1.29, 1.82) is 0 Å². The van der Waals surface area contributed by atoms with Gasteiger partial charge in [-0.1, -0.05) is 109 Å². The number of carbonyl (C=O) groups excluding carboxylic acids is 2. The Kier molecular flexibility index (Phi) is 12.3. The minimum atomic E-state index is -4.24. The van der Waals surface area contributed by atoms with Crippen LogP contribution in [-0.2, 0) is 32.6 Å². The average molecular weight is 681 g/mol. The van der Waals surface area contributed by atoms with Crippen molar-refractivity contribution >= 4 is 50.7 Å². The summed E-state index contributed by atoms with van der Waals surface area (Å²) in [5.74, 6) is -0.897. The monoisotopic (exact) mass is 679 g/mol. The Morgan fingerprint density at radius 2 is 1.48 bits per heavy atom. The van der Waals surface area contributed by atoms with Crippen LogP contribution >= 0.6 is 23.2 Å². The quantitative estimate of drug-likeness (QED) is 0.141. The highest BCUT2D eigenvalue weighted by Gasteiger charge is 2.35. The van der Waals surface area contributed by atoms with Gasteiger partial charge in [0.2, 0.25) is 11.8 Å². The number of sulfonamides is 1. The summed E-state index contributed by atoms with van der Waals surface area (Å²) in [6, 6.07) is 27.0. The molecule has 0 aliphatic carbocycles. The Morgan fingerprint density at radius 1 is 0.826 bits per heavy atom. The maximum Gasteiger partial charge on any atom is 0.264 e. The van der Waals surface area contributed by atoms with Crippen molar-refractivity contribution in [3.63, 3.8) is 0 Å². The van der Waals surface area contributed by atoms with Crippen LogP contribution in [0.15, 0.2) is 102 Å². The smallest absolute Gasteiger partial charge is 0.264 e. The van der Waals surface area contributed by atoms with E-state index in [1.807, 2.05) is 44.2 Å². The van der Waals surface area contributed by atoms with Gasteiger partial charge in [0.25, 0.3) is 10.0 Å². The van der Waals surface area contributed by atoms with Crippen molar-refractivity contribution in [2.24, 2.45) is 0 Å². The van der Waals surface area contributed by atoms with Crippen LogP contribution in [0, 0.1) is 13.8 Å². The van der Waals surface area contributed by atoms with E-state index in [1.165, 1.54) is 17.0 Å². The molecule has 7 nitrogen and oxygen atoms in total. The number of anilines is 1. The van der Waals surface area contributed by atoms with E-state index < -0.39 is 28.5 Å². The van der Waals surface area contributed by atoms with E-state index in [0.717, 1.165) is 28.3 Å². The van der Waals surface area contributed by atoms with Crippen molar-refractivity contribution < 1.29 is 18.0 Å². The molecule has 4 rings (SSSR count). The van der Waals surface area contributed by atoms with Gasteiger partial charge >= 0.3 is 0 Å². The molecule has 0 bridgehead atoms. The van der Waals surface area contributed by atoms with Crippen LogP contribution in [0.4, 0.5) is 5.69 Å². The summed E-state index contributed by atoms with van der Waals surface area (Å²) in [5, 5.41) is 3.78. The van der Waals surface area contributed by atoms with Gasteiger partial charge in [-0.2, -0.15) is 0 Å². The van der Waals surface area contributed by atoms with Crippen molar-refractivity contribution in [1.82, 2.24) is 10.2 Å². The molecule has 0 spiro atoms. The number of rotatable bonds is 14.